The normalized spacial score (nSPS) is 25.4. The first kappa shape index (κ1) is 16.0. The molecule has 0 aromatic carbocycles. The van der Waals surface area contributed by atoms with Gasteiger partial charge in [0.1, 0.15) is 0 Å². The standard InChI is InChI=1S/C16H24N2O2S/c1-10-5-4-6-13(12(10)3)18-15(19)9-17-16(20)14-8-7-11(2)21-14/h7-8,10,12-13H,4-6,9H2,1-3H3,(H,17,20)(H,18,19). The lowest BCUT2D eigenvalue weighted by molar-refractivity contribution is -0.121. The number of hydrogen-bond donors (Lipinski definition) is 2. The van der Waals surface area contributed by atoms with E-state index in [-0.39, 0.29) is 24.4 Å². The Balaban J connectivity index is 1.78. The summed E-state index contributed by atoms with van der Waals surface area (Å²) in [5.74, 6) is 0.877. The first-order valence-electron chi connectivity index (χ1n) is 7.61. The average Bonchev–Trinajstić information content (AvgIpc) is 2.88. The third-order valence-electron chi connectivity index (χ3n) is 4.43. The van der Waals surface area contributed by atoms with E-state index >= 15 is 0 Å². The Morgan fingerprint density at radius 3 is 2.71 bits per heavy atom. The molecule has 0 bridgehead atoms. The third kappa shape index (κ3) is 4.30. The maximum Gasteiger partial charge on any atom is 0.261 e. The van der Waals surface area contributed by atoms with Crippen LogP contribution in [0.3, 0.4) is 0 Å². The summed E-state index contributed by atoms with van der Waals surface area (Å²) >= 11 is 1.44. The molecular weight excluding hydrogens is 284 g/mol. The van der Waals surface area contributed by atoms with Gasteiger partial charge < -0.3 is 10.6 Å². The molecule has 1 saturated carbocycles. The minimum absolute atomic E-state index is 0.0490. The molecule has 3 atom stereocenters. The van der Waals surface area contributed by atoms with E-state index in [1.807, 2.05) is 13.0 Å². The minimum Gasteiger partial charge on any atom is -0.352 e. The molecule has 1 aliphatic carbocycles. The molecule has 3 unspecified atom stereocenters. The number of carbonyl (C=O) groups excluding carboxylic acids is 2. The number of carbonyl (C=O) groups is 2. The predicted octanol–water partition coefficient (Wildman–Crippen LogP) is 2.73. The number of aryl methyl sites for hydroxylation is 1. The van der Waals surface area contributed by atoms with Crippen molar-refractivity contribution in [1.82, 2.24) is 10.6 Å². The van der Waals surface area contributed by atoms with Crippen molar-refractivity contribution in [2.75, 3.05) is 6.54 Å². The second-order valence-electron chi connectivity index (χ2n) is 6.03. The molecule has 2 amide bonds. The SMILES string of the molecule is Cc1ccc(C(=O)NCC(=O)NC2CCCC(C)C2C)s1. The lowest BCUT2D eigenvalue weighted by Crippen LogP contribution is -2.47. The van der Waals surface area contributed by atoms with Gasteiger partial charge in [-0.05, 0) is 37.3 Å². The molecule has 1 heterocycles. The molecule has 0 saturated heterocycles. The average molecular weight is 308 g/mol. The molecule has 0 aliphatic heterocycles. The fraction of sp³-hybridized carbons (Fsp3) is 0.625. The van der Waals surface area contributed by atoms with E-state index in [0.717, 1.165) is 17.7 Å². The zero-order valence-electron chi connectivity index (χ0n) is 12.9. The van der Waals surface area contributed by atoms with Crippen LogP contribution >= 0.6 is 11.3 Å². The quantitative estimate of drug-likeness (QED) is 0.898. The Morgan fingerprint density at radius 1 is 1.29 bits per heavy atom. The maximum atomic E-state index is 12.0. The highest BCUT2D eigenvalue weighted by Gasteiger charge is 2.28. The second kappa shape index (κ2) is 7.07. The van der Waals surface area contributed by atoms with E-state index in [2.05, 4.69) is 24.5 Å². The van der Waals surface area contributed by atoms with Crippen LogP contribution in [-0.2, 0) is 4.79 Å². The summed E-state index contributed by atoms with van der Waals surface area (Å²) in [5, 5.41) is 5.75. The Kier molecular flexibility index (Phi) is 5.39. The van der Waals surface area contributed by atoms with E-state index in [1.165, 1.54) is 17.8 Å². The van der Waals surface area contributed by atoms with E-state index in [4.69, 9.17) is 0 Å². The van der Waals surface area contributed by atoms with Crippen molar-refractivity contribution < 1.29 is 9.59 Å². The second-order valence-corrected chi connectivity index (χ2v) is 7.32. The highest BCUT2D eigenvalue weighted by atomic mass is 32.1. The van der Waals surface area contributed by atoms with Crippen molar-refractivity contribution in [2.45, 2.75) is 46.1 Å². The van der Waals surface area contributed by atoms with Crippen LogP contribution in [0.2, 0.25) is 0 Å². The smallest absolute Gasteiger partial charge is 0.261 e. The van der Waals surface area contributed by atoms with E-state index in [9.17, 15) is 9.59 Å². The number of amides is 2. The zero-order valence-corrected chi connectivity index (χ0v) is 13.8. The zero-order chi connectivity index (χ0) is 15.4. The molecular formula is C16H24N2O2S. The number of rotatable bonds is 4. The Hall–Kier alpha value is -1.36. The Bertz CT molecular complexity index is 512. The van der Waals surface area contributed by atoms with Gasteiger partial charge in [0.2, 0.25) is 5.91 Å². The van der Waals surface area contributed by atoms with Crippen LogP contribution < -0.4 is 10.6 Å². The fourth-order valence-electron chi connectivity index (χ4n) is 2.85. The van der Waals surface area contributed by atoms with Crippen LogP contribution in [0, 0.1) is 18.8 Å². The first-order chi connectivity index (χ1) is 9.97. The summed E-state index contributed by atoms with van der Waals surface area (Å²) in [4.78, 5) is 25.6. The maximum absolute atomic E-state index is 12.0. The summed E-state index contributed by atoms with van der Waals surface area (Å²) in [6, 6.07) is 3.94. The van der Waals surface area contributed by atoms with E-state index < -0.39 is 0 Å². The molecule has 1 aromatic rings. The van der Waals surface area contributed by atoms with Gasteiger partial charge in [-0.1, -0.05) is 26.7 Å². The number of thiophene rings is 1. The lowest BCUT2D eigenvalue weighted by atomic mass is 9.78. The fourth-order valence-corrected chi connectivity index (χ4v) is 3.63. The van der Waals surface area contributed by atoms with Crippen LogP contribution in [0.1, 0.15) is 47.7 Å². The largest absolute Gasteiger partial charge is 0.352 e. The molecule has 0 radical (unpaired) electrons. The van der Waals surface area contributed by atoms with Crippen LogP contribution in [0.15, 0.2) is 12.1 Å². The van der Waals surface area contributed by atoms with Gasteiger partial charge >= 0.3 is 0 Å². The van der Waals surface area contributed by atoms with Crippen molar-refractivity contribution in [3.05, 3.63) is 21.9 Å². The molecule has 2 N–H and O–H groups in total. The van der Waals surface area contributed by atoms with Gasteiger partial charge in [-0.3, -0.25) is 9.59 Å². The monoisotopic (exact) mass is 308 g/mol. The van der Waals surface area contributed by atoms with Crippen molar-refractivity contribution in [2.24, 2.45) is 11.8 Å². The van der Waals surface area contributed by atoms with Gasteiger partial charge in [-0.15, -0.1) is 11.3 Å². The molecule has 5 heteroatoms. The van der Waals surface area contributed by atoms with Crippen LogP contribution in [0.25, 0.3) is 0 Å². The summed E-state index contributed by atoms with van der Waals surface area (Å²) in [5.41, 5.74) is 0. The van der Waals surface area contributed by atoms with E-state index in [1.54, 1.807) is 6.07 Å². The van der Waals surface area contributed by atoms with Gasteiger partial charge in [0.05, 0.1) is 11.4 Å². The molecule has 21 heavy (non-hydrogen) atoms. The van der Waals surface area contributed by atoms with Crippen molar-refractivity contribution >= 4 is 23.2 Å². The van der Waals surface area contributed by atoms with Gasteiger partial charge in [0.15, 0.2) is 0 Å². The molecule has 4 nitrogen and oxygen atoms in total. The molecule has 116 valence electrons. The molecule has 2 rings (SSSR count). The number of hydrogen-bond acceptors (Lipinski definition) is 3. The summed E-state index contributed by atoms with van der Waals surface area (Å²) in [7, 11) is 0. The van der Waals surface area contributed by atoms with Crippen molar-refractivity contribution in [1.29, 1.82) is 0 Å². The van der Waals surface area contributed by atoms with Crippen molar-refractivity contribution in [3.8, 4) is 0 Å². The van der Waals surface area contributed by atoms with Crippen LogP contribution in [-0.4, -0.2) is 24.4 Å². The third-order valence-corrected chi connectivity index (χ3v) is 5.43. The molecule has 1 aliphatic rings. The minimum atomic E-state index is -0.173. The summed E-state index contributed by atoms with van der Waals surface area (Å²) in [6.07, 6.45) is 3.44. The van der Waals surface area contributed by atoms with Crippen molar-refractivity contribution in [3.63, 3.8) is 0 Å². The van der Waals surface area contributed by atoms with Crippen LogP contribution in [0.4, 0.5) is 0 Å². The topological polar surface area (TPSA) is 58.2 Å². The van der Waals surface area contributed by atoms with Gasteiger partial charge in [-0.2, -0.15) is 0 Å². The van der Waals surface area contributed by atoms with E-state index in [0.29, 0.717) is 16.7 Å². The molecule has 0 spiro atoms. The molecule has 1 fully saturated rings. The summed E-state index contributed by atoms with van der Waals surface area (Å²) < 4.78 is 0. The Labute approximate surface area is 130 Å². The predicted molar refractivity (Wildman–Crippen MR) is 85.5 cm³/mol. The highest BCUT2D eigenvalue weighted by Crippen LogP contribution is 2.29. The van der Waals surface area contributed by atoms with Crippen LogP contribution in [0.5, 0.6) is 0 Å². The Morgan fingerprint density at radius 2 is 2.05 bits per heavy atom. The van der Waals surface area contributed by atoms with Gasteiger partial charge in [0, 0.05) is 10.9 Å². The highest BCUT2D eigenvalue weighted by molar-refractivity contribution is 7.13. The van der Waals surface area contributed by atoms with Gasteiger partial charge in [0.25, 0.3) is 5.91 Å². The van der Waals surface area contributed by atoms with Gasteiger partial charge in [-0.25, -0.2) is 0 Å². The number of nitrogens with one attached hydrogen (secondary N) is 2. The lowest BCUT2D eigenvalue weighted by Gasteiger charge is -2.34. The first-order valence-corrected chi connectivity index (χ1v) is 8.43. The molecule has 1 aromatic heterocycles. The summed E-state index contributed by atoms with van der Waals surface area (Å²) in [6.45, 7) is 6.44.